The summed E-state index contributed by atoms with van der Waals surface area (Å²) in [6, 6.07) is 7.82. The van der Waals surface area contributed by atoms with E-state index in [0.717, 1.165) is 30.3 Å². The van der Waals surface area contributed by atoms with Crippen LogP contribution in [-0.4, -0.2) is 22.4 Å². The van der Waals surface area contributed by atoms with E-state index in [-0.39, 0.29) is 11.4 Å². The molecule has 24 heavy (non-hydrogen) atoms. The molecular weight excluding hydrogens is 333 g/mol. The van der Waals surface area contributed by atoms with Gasteiger partial charge in [-0.15, -0.1) is 13.2 Å². The topological polar surface area (TPSA) is 102 Å². The molecule has 0 aliphatic heterocycles. The van der Waals surface area contributed by atoms with Gasteiger partial charge in [0.05, 0.1) is 16.2 Å². The van der Waals surface area contributed by atoms with Gasteiger partial charge in [0.15, 0.2) is 0 Å². The third-order valence-electron chi connectivity index (χ3n) is 2.79. The first kappa shape index (κ1) is 17.1. The van der Waals surface area contributed by atoms with Crippen molar-refractivity contribution in [3.05, 3.63) is 58.1 Å². The van der Waals surface area contributed by atoms with Crippen LogP contribution in [0.5, 0.6) is 5.75 Å². The number of carbonyl (C=O) groups is 1. The first-order valence-corrected chi connectivity index (χ1v) is 6.30. The molecule has 2 aromatic rings. The predicted octanol–water partition coefficient (Wildman–Crippen LogP) is 3.94. The molecule has 0 fully saturated rings. The van der Waals surface area contributed by atoms with Crippen molar-refractivity contribution in [3.63, 3.8) is 0 Å². The fraction of sp³-hybridized carbons (Fsp3) is 0.0714. The molecule has 2 aromatic carbocycles. The van der Waals surface area contributed by atoms with E-state index in [1.807, 2.05) is 0 Å². The van der Waals surface area contributed by atoms with E-state index in [1.165, 1.54) is 12.1 Å². The van der Waals surface area contributed by atoms with Crippen LogP contribution in [0.1, 0.15) is 10.4 Å². The highest BCUT2D eigenvalue weighted by Crippen LogP contribution is 2.29. The SMILES string of the molecule is O=C(O)c1cc([N+](=O)[O-])ccc1Nc1cccc(OC(F)(F)F)c1. The number of nitrogens with one attached hydrogen (secondary N) is 1. The molecule has 0 heterocycles. The quantitative estimate of drug-likeness (QED) is 0.630. The van der Waals surface area contributed by atoms with Gasteiger partial charge in [-0.1, -0.05) is 6.07 Å². The second-order valence-corrected chi connectivity index (χ2v) is 4.49. The average Bonchev–Trinajstić information content (AvgIpc) is 2.45. The summed E-state index contributed by atoms with van der Waals surface area (Å²) >= 11 is 0. The zero-order valence-electron chi connectivity index (χ0n) is 11.7. The normalized spacial score (nSPS) is 11.0. The second-order valence-electron chi connectivity index (χ2n) is 4.49. The summed E-state index contributed by atoms with van der Waals surface area (Å²) in [6.45, 7) is 0. The number of halogens is 3. The van der Waals surface area contributed by atoms with Gasteiger partial charge in [-0.3, -0.25) is 10.1 Å². The Hall–Kier alpha value is -3.30. The fourth-order valence-electron chi connectivity index (χ4n) is 1.86. The molecule has 10 heteroatoms. The summed E-state index contributed by atoms with van der Waals surface area (Å²) < 4.78 is 40.4. The van der Waals surface area contributed by atoms with Crippen molar-refractivity contribution in [2.75, 3.05) is 5.32 Å². The maximum Gasteiger partial charge on any atom is 0.573 e. The Kier molecular flexibility index (Phi) is 4.58. The number of hydrogen-bond acceptors (Lipinski definition) is 5. The smallest absolute Gasteiger partial charge is 0.478 e. The monoisotopic (exact) mass is 342 g/mol. The van der Waals surface area contributed by atoms with Crippen LogP contribution in [0.2, 0.25) is 0 Å². The van der Waals surface area contributed by atoms with Crippen molar-refractivity contribution in [3.8, 4) is 5.75 Å². The van der Waals surface area contributed by atoms with Crippen LogP contribution in [0.4, 0.5) is 30.2 Å². The minimum atomic E-state index is -4.86. The molecule has 2 rings (SSSR count). The Bertz CT molecular complexity index is 792. The summed E-state index contributed by atoms with van der Waals surface area (Å²) in [7, 11) is 0. The van der Waals surface area contributed by atoms with Crippen LogP contribution in [0.15, 0.2) is 42.5 Å². The first-order valence-electron chi connectivity index (χ1n) is 6.30. The zero-order valence-corrected chi connectivity index (χ0v) is 11.7. The van der Waals surface area contributed by atoms with E-state index in [2.05, 4.69) is 10.1 Å². The molecule has 0 radical (unpaired) electrons. The highest BCUT2D eigenvalue weighted by molar-refractivity contribution is 5.96. The Labute approximate surface area is 132 Å². The van der Waals surface area contributed by atoms with Crippen LogP contribution in [0, 0.1) is 10.1 Å². The number of rotatable bonds is 5. The maximum absolute atomic E-state index is 12.2. The maximum atomic E-state index is 12.2. The van der Waals surface area contributed by atoms with Gasteiger partial charge in [0.2, 0.25) is 0 Å². The minimum Gasteiger partial charge on any atom is -0.478 e. The average molecular weight is 342 g/mol. The van der Waals surface area contributed by atoms with E-state index in [4.69, 9.17) is 5.11 Å². The predicted molar refractivity (Wildman–Crippen MR) is 76.5 cm³/mol. The molecule has 126 valence electrons. The molecule has 0 unspecified atom stereocenters. The van der Waals surface area contributed by atoms with Crippen molar-refractivity contribution in [2.24, 2.45) is 0 Å². The summed E-state index contributed by atoms with van der Waals surface area (Å²) in [4.78, 5) is 21.1. The van der Waals surface area contributed by atoms with Crippen molar-refractivity contribution >= 4 is 23.0 Å². The summed E-state index contributed by atoms with van der Waals surface area (Å²) in [6.07, 6.45) is -4.86. The Morgan fingerprint density at radius 1 is 1.21 bits per heavy atom. The van der Waals surface area contributed by atoms with Crippen molar-refractivity contribution in [2.45, 2.75) is 6.36 Å². The lowest BCUT2D eigenvalue weighted by molar-refractivity contribution is -0.384. The Balaban J connectivity index is 2.32. The lowest BCUT2D eigenvalue weighted by atomic mass is 10.1. The molecule has 0 saturated heterocycles. The molecule has 0 bridgehead atoms. The zero-order chi connectivity index (χ0) is 17.9. The molecule has 0 spiro atoms. The number of ether oxygens (including phenoxy) is 1. The standard InChI is InChI=1S/C14H9F3N2O5/c15-14(16,17)24-10-3-1-2-8(6-10)18-12-5-4-9(19(22)23)7-11(12)13(20)21/h1-7,18H,(H,20,21). The number of alkyl halides is 3. The van der Waals surface area contributed by atoms with Gasteiger partial charge in [0.1, 0.15) is 5.75 Å². The van der Waals surface area contributed by atoms with Crippen molar-refractivity contribution in [1.82, 2.24) is 0 Å². The van der Waals surface area contributed by atoms with E-state index >= 15 is 0 Å². The fourth-order valence-corrected chi connectivity index (χ4v) is 1.86. The highest BCUT2D eigenvalue weighted by Gasteiger charge is 2.31. The first-order chi connectivity index (χ1) is 11.2. The molecule has 0 atom stereocenters. The van der Waals surface area contributed by atoms with Gasteiger partial charge in [0.25, 0.3) is 5.69 Å². The lowest BCUT2D eigenvalue weighted by Gasteiger charge is -2.12. The summed E-state index contributed by atoms with van der Waals surface area (Å²) in [5.74, 6) is -1.92. The van der Waals surface area contributed by atoms with Crippen LogP contribution in [0.3, 0.4) is 0 Å². The van der Waals surface area contributed by atoms with Gasteiger partial charge >= 0.3 is 12.3 Å². The van der Waals surface area contributed by atoms with Gasteiger partial charge in [-0.2, -0.15) is 0 Å². The van der Waals surface area contributed by atoms with Crippen LogP contribution in [0.25, 0.3) is 0 Å². The number of aromatic carboxylic acids is 1. The minimum absolute atomic E-state index is 0.0164. The number of nitrogens with zero attached hydrogens (tertiary/aromatic N) is 1. The number of benzene rings is 2. The van der Waals surface area contributed by atoms with Gasteiger partial charge in [0, 0.05) is 23.9 Å². The number of anilines is 2. The molecule has 0 amide bonds. The summed E-state index contributed by atoms with van der Waals surface area (Å²) in [5.41, 5.74) is -0.719. The van der Waals surface area contributed by atoms with Crippen molar-refractivity contribution < 1.29 is 32.7 Å². The van der Waals surface area contributed by atoms with Gasteiger partial charge in [-0.05, 0) is 18.2 Å². The molecule has 0 aliphatic rings. The van der Waals surface area contributed by atoms with Gasteiger partial charge in [-0.25, -0.2) is 4.79 Å². The number of nitro benzene ring substituents is 1. The Morgan fingerprint density at radius 3 is 2.50 bits per heavy atom. The van der Waals surface area contributed by atoms with Crippen LogP contribution >= 0.6 is 0 Å². The van der Waals surface area contributed by atoms with Crippen LogP contribution < -0.4 is 10.1 Å². The lowest BCUT2D eigenvalue weighted by Crippen LogP contribution is -2.17. The van der Waals surface area contributed by atoms with E-state index in [0.29, 0.717) is 0 Å². The van der Waals surface area contributed by atoms with Crippen molar-refractivity contribution in [1.29, 1.82) is 0 Å². The third-order valence-corrected chi connectivity index (χ3v) is 2.79. The van der Waals surface area contributed by atoms with E-state index in [1.54, 1.807) is 0 Å². The number of non-ortho nitro benzene ring substituents is 1. The number of nitro groups is 1. The largest absolute Gasteiger partial charge is 0.573 e. The van der Waals surface area contributed by atoms with Crippen LogP contribution in [-0.2, 0) is 0 Å². The summed E-state index contributed by atoms with van der Waals surface area (Å²) in [5, 5.41) is 22.4. The molecule has 0 saturated carbocycles. The Morgan fingerprint density at radius 2 is 1.92 bits per heavy atom. The molecular formula is C14H9F3N2O5. The second kappa shape index (κ2) is 6.44. The number of hydrogen-bond donors (Lipinski definition) is 2. The highest BCUT2D eigenvalue weighted by atomic mass is 19.4. The van der Waals surface area contributed by atoms with E-state index < -0.39 is 34.3 Å². The molecule has 0 aromatic heterocycles. The molecule has 2 N–H and O–H groups in total. The molecule has 7 nitrogen and oxygen atoms in total. The van der Waals surface area contributed by atoms with Gasteiger partial charge < -0.3 is 15.2 Å². The third kappa shape index (κ3) is 4.35. The number of carboxylic acid groups (broad SMARTS) is 1. The number of carboxylic acids is 1. The molecule has 0 aliphatic carbocycles. The van der Waals surface area contributed by atoms with E-state index in [9.17, 15) is 28.1 Å².